The van der Waals surface area contributed by atoms with E-state index >= 15 is 0 Å². The SMILES string of the molecule is CCOC(=O)C(=NOC)C1(C(O)(O)Br)CCC1. The summed E-state index contributed by atoms with van der Waals surface area (Å²) in [6, 6.07) is 0. The van der Waals surface area contributed by atoms with E-state index in [2.05, 4.69) is 25.9 Å². The van der Waals surface area contributed by atoms with E-state index < -0.39 is 16.1 Å². The minimum Gasteiger partial charge on any atom is -0.461 e. The first-order valence-electron chi connectivity index (χ1n) is 5.31. The summed E-state index contributed by atoms with van der Waals surface area (Å²) in [6.45, 7) is 1.85. The van der Waals surface area contributed by atoms with Crippen LogP contribution in [0.3, 0.4) is 0 Å². The average molecular weight is 310 g/mol. The Balaban J connectivity index is 3.05. The number of carbonyl (C=O) groups excluding carboxylic acids is 1. The molecule has 6 nitrogen and oxygen atoms in total. The van der Waals surface area contributed by atoms with E-state index in [-0.39, 0.29) is 12.3 Å². The molecule has 17 heavy (non-hydrogen) atoms. The van der Waals surface area contributed by atoms with Crippen molar-refractivity contribution in [2.75, 3.05) is 13.7 Å². The van der Waals surface area contributed by atoms with Gasteiger partial charge in [0, 0.05) is 0 Å². The fourth-order valence-corrected chi connectivity index (χ4v) is 2.43. The van der Waals surface area contributed by atoms with Crippen LogP contribution in [0, 0.1) is 5.41 Å². The first-order valence-corrected chi connectivity index (χ1v) is 6.10. The van der Waals surface area contributed by atoms with Crippen LogP contribution in [-0.4, -0.2) is 40.3 Å². The number of halogens is 1. The van der Waals surface area contributed by atoms with Gasteiger partial charge in [0.25, 0.3) is 0 Å². The second-order valence-corrected chi connectivity index (χ2v) is 4.97. The fraction of sp³-hybridized carbons (Fsp3) is 0.800. The Kier molecular flexibility index (Phi) is 4.51. The molecule has 0 aromatic carbocycles. The first kappa shape index (κ1) is 14.4. The molecule has 0 heterocycles. The number of esters is 1. The van der Waals surface area contributed by atoms with Crippen LogP contribution < -0.4 is 0 Å². The zero-order valence-electron chi connectivity index (χ0n) is 9.77. The predicted octanol–water partition coefficient (Wildman–Crippen LogP) is 0.755. The lowest BCUT2D eigenvalue weighted by Crippen LogP contribution is -2.56. The van der Waals surface area contributed by atoms with Crippen LogP contribution in [0.25, 0.3) is 0 Å². The molecule has 0 aromatic heterocycles. The topological polar surface area (TPSA) is 88.4 Å². The minimum atomic E-state index is -2.21. The molecule has 0 unspecified atom stereocenters. The molecule has 1 aliphatic rings. The van der Waals surface area contributed by atoms with E-state index in [9.17, 15) is 15.0 Å². The van der Waals surface area contributed by atoms with Crippen molar-refractivity contribution in [3.8, 4) is 0 Å². The van der Waals surface area contributed by atoms with E-state index in [1.54, 1.807) is 6.92 Å². The highest BCUT2D eigenvalue weighted by Crippen LogP contribution is 2.52. The van der Waals surface area contributed by atoms with Crippen LogP contribution in [0.2, 0.25) is 0 Å². The molecule has 98 valence electrons. The van der Waals surface area contributed by atoms with Gasteiger partial charge in [-0.15, -0.1) is 0 Å². The Bertz CT molecular complexity index is 319. The summed E-state index contributed by atoms with van der Waals surface area (Å²) in [5.41, 5.74) is -1.27. The van der Waals surface area contributed by atoms with Gasteiger partial charge in [-0.2, -0.15) is 0 Å². The van der Waals surface area contributed by atoms with Crippen molar-refractivity contribution in [2.24, 2.45) is 10.6 Å². The molecule has 0 radical (unpaired) electrons. The third-order valence-corrected chi connectivity index (χ3v) is 3.68. The van der Waals surface area contributed by atoms with Crippen LogP contribution in [0.15, 0.2) is 5.16 Å². The zero-order chi connectivity index (χ0) is 13.1. The van der Waals surface area contributed by atoms with Gasteiger partial charge < -0.3 is 19.8 Å². The third-order valence-electron chi connectivity index (χ3n) is 2.92. The number of alkyl halides is 1. The largest absolute Gasteiger partial charge is 0.461 e. The van der Waals surface area contributed by atoms with Gasteiger partial charge in [0.1, 0.15) is 7.11 Å². The van der Waals surface area contributed by atoms with Crippen LogP contribution in [0.4, 0.5) is 0 Å². The van der Waals surface area contributed by atoms with E-state index in [0.29, 0.717) is 12.8 Å². The smallest absolute Gasteiger partial charge is 0.356 e. The molecule has 1 saturated carbocycles. The van der Waals surface area contributed by atoms with Crippen LogP contribution in [-0.2, 0) is 14.4 Å². The number of nitrogens with zero attached hydrogens (tertiary/aromatic N) is 1. The van der Waals surface area contributed by atoms with Gasteiger partial charge in [-0.05, 0) is 35.7 Å². The second kappa shape index (κ2) is 5.32. The number of carbonyl (C=O) groups is 1. The highest BCUT2D eigenvalue weighted by molar-refractivity contribution is 9.10. The van der Waals surface area contributed by atoms with Crippen molar-refractivity contribution in [2.45, 2.75) is 30.9 Å². The molecular formula is C10H16BrNO5. The summed E-state index contributed by atoms with van der Waals surface area (Å²) in [5.74, 6) is -0.694. The van der Waals surface area contributed by atoms with Crippen LogP contribution in [0.5, 0.6) is 0 Å². The van der Waals surface area contributed by atoms with Crippen molar-refractivity contribution >= 4 is 27.6 Å². The molecule has 7 heteroatoms. The maximum Gasteiger partial charge on any atom is 0.356 e. The number of aliphatic hydroxyl groups is 2. The van der Waals surface area contributed by atoms with Crippen LogP contribution >= 0.6 is 15.9 Å². The summed E-state index contributed by atoms with van der Waals surface area (Å²) >= 11 is 2.77. The number of ether oxygens (including phenoxy) is 1. The zero-order valence-corrected chi connectivity index (χ0v) is 11.4. The van der Waals surface area contributed by atoms with Gasteiger partial charge in [0.2, 0.25) is 4.70 Å². The summed E-state index contributed by atoms with van der Waals surface area (Å²) in [5, 5.41) is 23.1. The molecule has 0 aliphatic heterocycles. The maximum absolute atomic E-state index is 11.7. The molecule has 2 N–H and O–H groups in total. The van der Waals surface area contributed by atoms with E-state index in [1.807, 2.05) is 0 Å². The lowest BCUT2D eigenvalue weighted by atomic mass is 9.65. The quantitative estimate of drug-likeness (QED) is 0.257. The number of oxime groups is 1. The molecule has 0 atom stereocenters. The maximum atomic E-state index is 11.7. The van der Waals surface area contributed by atoms with E-state index in [4.69, 9.17) is 4.74 Å². The average Bonchev–Trinajstić information content (AvgIpc) is 2.12. The van der Waals surface area contributed by atoms with Crippen molar-refractivity contribution < 1.29 is 24.6 Å². The van der Waals surface area contributed by atoms with Crippen molar-refractivity contribution in [3.63, 3.8) is 0 Å². The fourth-order valence-electron chi connectivity index (χ4n) is 1.85. The molecule has 1 rings (SSSR count). The Morgan fingerprint density at radius 1 is 1.53 bits per heavy atom. The highest BCUT2D eigenvalue weighted by atomic mass is 79.9. The molecule has 0 amide bonds. The molecule has 0 bridgehead atoms. The minimum absolute atomic E-state index is 0.102. The lowest BCUT2D eigenvalue weighted by Gasteiger charge is -2.46. The first-order chi connectivity index (χ1) is 7.89. The molecule has 1 aliphatic carbocycles. The Morgan fingerprint density at radius 2 is 2.12 bits per heavy atom. The Morgan fingerprint density at radius 3 is 2.41 bits per heavy atom. The van der Waals surface area contributed by atoms with Crippen molar-refractivity contribution in [1.82, 2.24) is 0 Å². The molecule has 0 spiro atoms. The van der Waals surface area contributed by atoms with Gasteiger partial charge in [0.15, 0.2) is 5.71 Å². The Hall–Kier alpha value is -0.660. The third kappa shape index (κ3) is 2.61. The summed E-state index contributed by atoms with van der Waals surface area (Å²) in [7, 11) is 1.29. The summed E-state index contributed by atoms with van der Waals surface area (Å²) < 4.78 is 2.63. The lowest BCUT2D eigenvalue weighted by molar-refractivity contribution is -0.166. The molecule has 0 aromatic rings. The molecular weight excluding hydrogens is 294 g/mol. The molecule has 0 saturated heterocycles. The van der Waals surface area contributed by atoms with Crippen LogP contribution in [0.1, 0.15) is 26.2 Å². The second-order valence-electron chi connectivity index (χ2n) is 3.87. The van der Waals surface area contributed by atoms with E-state index in [1.165, 1.54) is 7.11 Å². The van der Waals surface area contributed by atoms with Gasteiger partial charge in [-0.1, -0.05) is 11.6 Å². The summed E-state index contributed by atoms with van der Waals surface area (Å²) in [4.78, 5) is 16.3. The highest BCUT2D eigenvalue weighted by Gasteiger charge is 2.59. The standard InChI is InChI=1S/C10H16BrNO5/c1-3-17-8(13)7(12-16-2)9(5-4-6-9)10(11,14)15/h14-15H,3-6H2,1-2H3. The van der Waals surface area contributed by atoms with E-state index in [0.717, 1.165) is 6.42 Å². The van der Waals surface area contributed by atoms with Crippen molar-refractivity contribution in [1.29, 1.82) is 0 Å². The monoisotopic (exact) mass is 309 g/mol. The van der Waals surface area contributed by atoms with Gasteiger partial charge in [0.05, 0.1) is 12.0 Å². The van der Waals surface area contributed by atoms with Gasteiger partial charge in [-0.3, -0.25) is 0 Å². The number of rotatable bonds is 5. The van der Waals surface area contributed by atoms with Crippen molar-refractivity contribution in [3.05, 3.63) is 0 Å². The number of hydrogen-bond acceptors (Lipinski definition) is 6. The normalized spacial score (nSPS) is 19.5. The number of hydrogen-bond donors (Lipinski definition) is 2. The van der Waals surface area contributed by atoms with Gasteiger partial charge >= 0.3 is 5.97 Å². The Labute approximate surface area is 108 Å². The molecule has 1 fully saturated rings. The van der Waals surface area contributed by atoms with Gasteiger partial charge in [-0.25, -0.2) is 4.79 Å². The predicted molar refractivity (Wildman–Crippen MR) is 63.5 cm³/mol. The summed E-state index contributed by atoms with van der Waals surface area (Å²) in [6.07, 6.45) is 1.62.